The van der Waals surface area contributed by atoms with E-state index in [1.807, 2.05) is 11.8 Å². The predicted octanol–water partition coefficient (Wildman–Crippen LogP) is 1.79. The second-order valence-corrected chi connectivity index (χ2v) is 6.74. The monoisotopic (exact) mass is 380 g/mol. The van der Waals surface area contributed by atoms with Crippen molar-refractivity contribution in [3.63, 3.8) is 0 Å². The van der Waals surface area contributed by atoms with Crippen molar-refractivity contribution in [1.82, 2.24) is 10.6 Å². The van der Waals surface area contributed by atoms with Gasteiger partial charge in [-0.2, -0.15) is 11.8 Å². The molecule has 0 spiro atoms. The van der Waals surface area contributed by atoms with Gasteiger partial charge in [0.1, 0.15) is 0 Å². The minimum atomic E-state index is 0.612. The second kappa shape index (κ2) is 24.1. The number of hydrogen-bond acceptors (Lipinski definition) is 7. The third-order valence-corrected chi connectivity index (χ3v) is 4.18. The van der Waals surface area contributed by atoms with Crippen LogP contribution in [0.1, 0.15) is 26.7 Å². The van der Waals surface area contributed by atoms with E-state index in [0.717, 1.165) is 57.3 Å². The van der Waals surface area contributed by atoms with E-state index >= 15 is 0 Å². The summed E-state index contributed by atoms with van der Waals surface area (Å²) in [6.45, 7) is 13.9. The largest absolute Gasteiger partial charge is 0.379 e. The molecule has 0 rings (SSSR count). The van der Waals surface area contributed by atoms with Crippen LogP contribution in [0.3, 0.4) is 0 Å². The van der Waals surface area contributed by atoms with Crippen molar-refractivity contribution < 1.29 is 18.9 Å². The Morgan fingerprint density at radius 2 is 1.20 bits per heavy atom. The Kier molecular flexibility index (Phi) is 24.2. The van der Waals surface area contributed by atoms with Crippen molar-refractivity contribution >= 4 is 11.8 Å². The summed E-state index contributed by atoms with van der Waals surface area (Å²) in [5.74, 6) is 2.20. The van der Waals surface area contributed by atoms with Crippen molar-refractivity contribution in [1.29, 1.82) is 0 Å². The molecule has 6 nitrogen and oxygen atoms in total. The molecule has 0 aliphatic rings. The molecular formula is C18H40N2O4S. The molecule has 0 unspecified atom stereocenters. The highest BCUT2D eigenvalue weighted by Gasteiger charge is 1.94. The van der Waals surface area contributed by atoms with Crippen LogP contribution in [0, 0.1) is 0 Å². The van der Waals surface area contributed by atoms with Gasteiger partial charge in [-0.1, -0.05) is 13.8 Å². The van der Waals surface area contributed by atoms with Crippen molar-refractivity contribution in [2.75, 3.05) is 90.5 Å². The molecule has 0 aromatic rings. The summed E-state index contributed by atoms with van der Waals surface area (Å²) in [5, 5.41) is 6.65. The highest BCUT2D eigenvalue weighted by molar-refractivity contribution is 7.99. The lowest BCUT2D eigenvalue weighted by Gasteiger charge is -2.08. The lowest BCUT2D eigenvalue weighted by Crippen LogP contribution is -2.18. The first-order valence-corrected chi connectivity index (χ1v) is 10.9. The van der Waals surface area contributed by atoms with Gasteiger partial charge in [-0.3, -0.25) is 0 Å². The molecule has 0 atom stereocenters. The number of nitrogens with one attached hydrogen (secondary N) is 2. The van der Waals surface area contributed by atoms with Gasteiger partial charge in [0.15, 0.2) is 0 Å². The van der Waals surface area contributed by atoms with Gasteiger partial charge in [0.05, 0.1) is 46.2 Å². The molecule has 0 saturated carbocycles. The fourth-order valence-corrected chi connectivity index (χ4v) is 2.63. The van der Waals surface area contributed by atoms with Crippen LogP contribution >= 0.6 is 11.8 Å². The Balaban J connectivity index is 2.94. The molecule has 0 aliphatic heterocycles. The van der Waals surface area contributed by atoms with Gasteiger partial charge in [-0.25, -0.2) is 0 Å². The van der Waals surface area contributed by atoms with Crippen LogP contribution in [0.5, 0.6) is 0 Å². The quantitative estimate of drug-likeness (QED) is 0.278. The first kappa shape index (κ1) is 25.1. The fraction of sp³-hybridized carbons (Fsp3) is 1.00. The smallest absolute Gasteiger partial charge is 0.0701 e. The molecule has 0 bridgehead atoms. The molecule has 2 N–H and O–H groups in total. The number of ether oxygens (including phenoxy) is 4. The van der Waals surface area contributed by atoms with E-state index in [0.29, 0.717) is 39.6 Å². The van der Waals surface area contributed by atoms with E-state index in [9.17, 15) is 0 Å². The van der Waals surface area contributed by atoms with Crippen molar-refractivity contribution in [2.45, 2.75) is 26.7 Å². The molecule has 0 aromatic heterocycles. The number of hydrogen-bond donors (Lipinski definition) is 2. The van der Waals surface area contributed by atoms with Crippen molar-refractivity contribution in [3.05, 3.63) is 0 Å². The summed E-state index contributed by atoms with van der Waals surface area (Å²) in [6, 6.07) is 0. The molecule has 0 aromatic carbocycles. The fourth-order valence-electron chi connectivity index (χ4n) is 1.90. The molecule has 0 saturated heterocycles. The summed E-state index contributed by atoms with van der Waals surface area (Å²) in [5.41, 5.74) is 0. The summed E-state index contributed by atoms with van der Waals surface area (Å²) in [7, 11) is 0. The van der Waals surface area contributed by atoms with Crippen LogP contribution < -0.4 is 10.6 Å². The van der Waals surface area contributed by atoms with E-state index in [-0.39, 0.29) is 0 Å². The van der Waals surface area contributed by atoms with Crippen molar-refractivity contribution in [2.24, 2.45) is 0 Å². The first-order chi connectivity index (χ1) is 12.4. The third-order valence-electron chi connectivity index (χ3n) is 3.23. The Morgan fingerprint density at radius 1 is 0.600 bits per heavy atom. The van der Waals surface area contributed by atoms with Gasteiger partial charge in [-0.15, -0.1) is 0 Å². The number of thioether (sulfide) groups is 1. The van der Waals surface area contributed by atoms with Gasteiger partial charge in [0, 0.05) is 24.7 Å². The summed E-state index contributed by atoms with van der Waals surface area (Å²) >= 11 is 1.93. The van der Waals surface area contributed by atoms with Gasteiger partial charge < -0.3 is 29.6 Å². The highest BCUT2D eigenvalue weighted by atomic mass is 32.2. The topological polar surface area (TPSA) is 61.0 Å². The summed E-state index contributed by atoms with van der Waals surface area (Å²) in [6.07, 6.45) is 2.24. The zero-order valence-electron chi connectivity index (χ0n) is 16.4. The van der Waals surface area contributed by atoms with E-state index in [1.54, 1.807) is 0 Å². The van der Waals surface area contributed by atoms with Gasteiger partial charge in [0.25, 0.3) is 0 Å². The van der Waals surface area contributed by atoms with Crippen LogP contribution in [-0.4, -0.2) is 90.5 Å². The lowest BCUT2D eigenvalue weighted by atomic mass is 10.4. The normalized spacial score (nSPS) is 11.3. The Hall–Kier alpha value is 0.110. The average molecular weight is 381 g/mol. The van der Waals surface area contributed by atoms with E-state index in [1.165, 1.54) is 6.42 Å². The maximum Gasteiger partial charge on any atom is 0.0701 e. The molecule has 0 fully saturated rings. The van der Waals surface area contributed by atoms with E-state index < -0.39 is 0 Å². The van der Waals surface area contributed by atoms with E-state index in [2.05, 4.69) is 24.5 Å². The minimum Gasteiger partial charge on any atom is -0.379 e. The summed E-state index contributed by atoms with van der Waals surface area (Å²) < 4.78 is 21.9. The molecule has 7 heteroatoms. The second-order valence-electron chi connectivity index (χ2n) is 5.52. The maximum absolute atomic E-state index is 5.53. The zero-order valence-corrected chi connectivity index (χ0v) is 17.2. The van der Waals surface area contributed by atoms with Crippen LogP contribution in [0.4, 0.5) is 0 Å². The Bertz CT molecular complexity index is 217. The zero-order chi connectivity index (χ0) is 18.3. The molecule has 0 aliphatic carbocycles. The van der Waals surface area contributed by atoms with Crippen LogP contribution in [-0.2, 0) is 18.9 Å². The minimum absolute atomic E-state index is 0.612. The maximum atomic E-state index is 5.53. The Morgan fingerprint density at radius 3 is 1.80 bits per heavy atom. The van der Waals surface area contributed by atoms with Gasteiger partial charge in [-0.05, 0) is 32.5 Å². The average Bonchev–Trinajstić information content (AvgIpc) is 2.63. The summed E-state index contributed by atoms with van der Waals surface area (Å²) in [4.78, 5) is 0. The highest BCUT2D eigenvalue weighted by Crippen LogP contribution is 1.97. The first-order valence-electron chi connectivity index (χ1n) is 9.72. The molecular weight excluding hydrogens is 340 g/mol. The number of rotatable bonds is 22. The van der Waals surface area contributed by atoms with Crippen LogP contribution in [0.15, 0.2) is 0 Å². The molecule has 0 amide bonds. The van der Waals surface area contributed by atoms with E-state index in [4.69, 9.17) is 18.9 Å². The van der Waals surface area contributed by atoms with Crippen molar-refractivity contribution in [3.8, 4) is 0 Å². The van der Waals surface area contributed by atoms with Gasteiger partial charge >= 0.3 is 0 Å². The molecule has 25 heavy (non-hydrogen) atoms. The SMILES string of the molecule is CCCNCCSCCOCCOCCOCCOCCCNCC. The third kappa shape index (κ3) is 24.1. The molecule has 0 radical (unpaired) electrons. The molecule has 152 valence electrons. The van der Waals surface area contributed by atoms with Gasteiger partial charge in [0.2, 0.25) is 0 Å². The Labute approximate surface area is 159 Å². The van der Waals surface area contributed by atoms with Crippen LogP contribution in [0.2, 0.25) is 0 Å². The predicted molar refractivity (Wildman–Crippen MR) is 107 cm³/mol. The standard InChI is InChI=1S/C18H40N2O4S/c1-3-6-20-8-17-25-18-16-24-15-14-23-13-12-22-11-10-21-9-5-7-19-4-2/h19-20H,3-18H2,1-2H3. The molecule has 0 heterocycles. The van der Waals surface area contributed by atoms with Crippen LogP contribution in [0.25, 0.3) is 0 Å². The lowest BCUT2D eigenvalue weighted by molar-refractivity contribution is -0.000399.